The summed E-state index contributed by atoms with van der Waals surface area (Å²) in [7, 11) is 1.73. The van der Waals surface area contributed by atoms with Gasteiger partial charge in [0.15, 0.2) is 0 Å². The van der Waals surface area contributed by atoms with E-state index in [1.165, 1.54) is 12.1 Å². The number of hydrogen-bond acceptors (Lipinski definition) is 3. The van der Waals surface area contributed by atoms with Crippen LogP contribution in [0, 0.1) is 5.41 Å². The van der Waals surface area contributed by atoms with Crippen LogP contribution >= 0.6 is 12.4 Å². The van der Waals surface area contributed by atoms with Crippen molar-refractivity contribution in [3.8, 4) is 5.75 Å². The van der Waals surface area contributed by atoms with Crippen molar-refractivity contribution in [3.05, 3.63) is 29.8 Å². The number of hydrogen-bond donors (Lipinski definition) is 1. The van der Waals surface area contributed by atoms with Gasteiger partial charge >= 0.3 is 6.61 Å². The molecule has 4 nitrogen and oxygen atoms in total. The second-order valence-corrected chi connectivity index (χ2v) is 5.82. The highest BCUT2D eigenvalue weighted by molar-refractivity contribution is 5.85. The Morgan fingerprint density at radius 3 is 2.32 bits per heavy atom. The number of amides is 1. The van der Waals surface area contributed by atoms with Crippen LogP contribution in [0.5, 0.6) is 5.75 Å². The lowest BCUT2D eigenvalue weighted by Crippen LogP contribution is -2.40. The molecule has 0 atom stereocenters. The van der Waals surface area contributed by atoms with Gasteiger partial charge in [0.2, 0.25) is 5.91 Å². The van der Waals surface area contributed by atoms with Crippen LogP contribution < -0.4 is 10.5 Å². The zero-order chi connectivity index (χ0) is 16.0. The molecule has 2 N–H and O–H groups in total. The van der Waals surface area contributed by atoms with E-state index in [0.717, 1.165) is 5.56 Å². The van der Waals surface area contributed by atoms with E-state index in [0.29, 0.717) is 13.1 Å². The Kier molecular flexibility index (Phi) is 8.34. The molecular formula is C15H23ClF2N2O2. The molecule has 0 fully saturated rings. The van der Waals surface area contributed by atoms with Gasteiger partial charge in [0.25, 0.3) is 0 Å². The number of ether oxygens (including phenoxy) is 1. The van der Waals surface area contributed by atoms with Crippen molar-refractivity contribution in [3.63, 3.8) is 0 Å². The van der Waals surface area contributed by atoms with Crippen LogP contribution in [0.2, 0.25) is 0 Å². The molecule has 126 valence electrons. The molecule has 0 spiro atoms. The number of alkyl halides is 2. The van der Waals surface area contributed by atoms with E-state index in [9.17, 15) is 13.6 Å². The highest BCUT2D eigenvalue weighted by Crippen LogP contribution is 2.17. The molecule has 1 aromatic carbocycles. The number of rotatable bonds is 7. The van der Waals surface area contributed by atoms with E-state index in [1.54, 1.807) is 24.1 Å². The minimum atomic E-state index is -2.85. The Bertz CT molecular complexity index is 467. The highest BCUT2D eigenvalue weighted by atomic mass is 35.5. The lowest BCUT2D eigenvalue weighted by atomic mass is 9.93. The third-order valence-electron chi connectivity index (χ3n) is 3.15. The number of benzene rings is 1. The molecule has 7 heteroatoms. The summed E-state index contributed by atoms with van der Waals surface area (Å²) in [5.74, 6) is 0.0397. The summed E-state index contributed by atoms with van der Waals surface area (Å²) in [6.07, 6.45) is 0.214. The predicted octanol–water partition coefficient (Wildman–Crippen LogP) is 2.70. The summed E-state index contributed by atoms with van der Waals surface area (Å²) in [4.78, 5) is 13.7. The van der Waals surface area contributed by atoms with E-state index >= 15 is 0 Å². The number of carbonyl (C=O) groups is 1. The van der Waals surface area contributed by atoms with Crippen LogP contribution in [0.4, 0.5) is 8.78 Å². The molecule has 22 heavy (non-hydrogen) atoms. The normalized spacial score (nSPS) is 11.0. The fourth-order valence-corrected chi connectivity index (χ4v) is 1.89. The number of likely N-dealkylation sites (N-methyl/N-ethyl adjacent to an activating group) is 1. The molecule has 0 heterocycles. The molecule has 0 saturated carbocycles. The van der Waals surface area contributed by atoms with E-state index < -0.39 is 6.61 Å². The number of carbonyl (C=O) groups excluding carboxylic acids is 1. The molecule has 0 unspecified atom stereocenters. The third kappa shape index (κ3) is 7.04. The molecule has 0 aliphatic carbocycles. The lowest BCUT2D eigenvalue weighted by molar-refractivity contribution is -0.130. The van der Waals surface area contributed by atoms with Gasteiger partial charge in [-0.1, -0.05) is 26.0 Å². The minimum Gasteiger partial charge on any atom is -0.435 e. The first-order valence-corrected chi connectivity index (χ1v) is 6.71. The van der Waals surface area contributed by atoms with Gasteiger partial charge < -0.3 is 15.4 Å². The second kappa shape index (κ2) is 8.90. The zero-order valence-electron chi connectivity index (χ0n) is 13.0. The number of nitrogens with two attached hydrogens (primary N) is 1. The first kappa shape index (κ1) is 20.6. The molecule has 0 bridgehead atoms. The zero-order valence-corrected chi connectivity index (χ0v) is 13.8. The molecule has 0 aliphatic rings. The predicted molar refractivity (Wildman–Crippen MR) is 84.5 cm³/mol. The summed E-state index contributed by atoms with van der Waals surface area (Å²) < 4.78 is 28.3. The van der Waals surface area contributed by atoms with Crippen molar-refractivity contribution in [2.75, 3.05) is 20.1 Å². The first-order valence-electron chi connectivity index (χ1n) is 6.71. The summed E-state index contributed by atoms with van der Waals surface area (Å²) in [5, 5.41) is 0. The Hall–Kier alpha value is -1.40. The highest BCUT2D eigenvalue weighted by Gasteiger charge is 2.21. The molecule has 1 amide bonds. The smallest absolute Gasteiger partial charge is 0.387 e. The van der Waals surface area contributed by atoms with Crippen LogP contribution in [0.25, 0.3) is 0 Å². The Morgan fingerprint density at radius 2 is 1.86 bits per heavy atom. The fourth-order valence-electron chi connectivity index (χ4n) is 1.89. The van der Waals surface area contributed by atoms with Crippen molar-refractivity contribution in [1.82, 2.24) is 4.90 Å². The maximum absolute atomic E-state index is 12.1. The quantitative estimate of drug-likeness (QED) is 0.833. The standard InChI is InChI=1S/C15H22F2N2O2.ClH/c1-15(2,9-18)10-19(3)13(20)8-11-4-6-12(7-5-11)21-14(16)17;/h4-7,14H,8-10,18H2,1-3H3;1H. The van der Waals surface area contributed by atoms with Gasteiger partial charge in [-0.25, -0.2) is 0 Å². The van der Waals surface area contributed by atoms with Crippen LogP contribution in [0.3, 0.4) is 0 Å². The van der Waals surface area contributed by atoms with E-state index in [4.69, 9.17) is 5.73 Å². The van der Waals surface area contributed by atoms with Crippen LogP contribution in [0.1, 0.15) is 19.4 Å². The monoisotopic (exact) mass is 336 g/mol. The third-order valence-corrected chi connectivity index (χ3v) is 3.15. The molecule has 0 aromatic heterocycles. The second-order valence-electron chi connectivity index (χ2n) is 5.82. The van der Waals surface area contributed by atoms with Crippen LogP contribution in [-0.2, 0) is 11.2 Å². The molecule has 1 rings (SSSR count). The minimum absolute atomic E-state index is 0. The summed E-state index contributed by atoms with van der Waals surface area (Å²) in [6.45, 7) is 2.20. The SMILES string of the molecule is CN(CC(C)(C)CN)C(=O)Cc1ccc(OC(F)F)cc1.Cl. The van der Waals surface area contributed by atoms with Gasteiger partial charge in [-0.2, -0.15) is 8.78 Å². The summed E-state index contributed by atoms with van der Waals surface area (Å²) >= 11 is 0. The Balaban J connectivity index is 0.00000441. The van der Waals surface area contributed by atoms with E-state index in [2.05, 4.69) is 4.74 Å². The topological polar surface area (TPSA) is 55.6 Å². The number of nitrogens with zero attached hydrogens (tertiary/aromatic N) is 1. The van der Waals surface area contributed by atoms with Crippen molar-refractivity contribution < 1.29 is 18.3 Å². The van der Waals surface area contributed by atoms with Crippen molar-refractivity contribution in [2.45, 2.75) is 26.9 Å². The van der Waals surface area contributed by atoms with Crippen LogP contribution in [-0.4, -0.2) is 37.6 Å². The molecule has 0 aliphatic heterocycles. The maximum atomic E-state index is 12.1. The molecule has 0 saturated heterocycles. The van der Waals surface area contributed by atoms with E-state index in [1.807, 2.05) is 13.8 Å². The van der Waals surface area contributed by atoms with Crippen molar-refractivity contribution >= 4 is 18.3 Å². The summed E-state index contributed by atoms with van der Waals surface area (Å²) in [5.41, 5.74) is 6.26. The van der Waals surface area contributed by atoms with Crippen molar-refractivity contribution in [1.29, 1.82) is 0 Å². The van der Waals surface area contributed by atoms with Crippen molar-refractivity contribution in [2.24, 2.45) is 11.1 Å². The van der Waals surface area contributed by atoms with Crippen LogP contribution in [0.15, 0.2) is 24.3 Å². The molecule has 1 aromatic rings. The van der Waals surface area contributed by atoms with Gasteiger partial charge in [-0.15, -0.1) is 12.4 Å². The first-order chi connectivity index (χ1) is 9.73. The average Bonchev–Trinajstić information content (AvgIpc) is 2.40. The summed E-state index contributed by atoms with van der Waals surface area (Å²) in [6, 6.07) is 6.08. The molecule has 0 radical (unpaired) electrons. The largest absolute Gasteiger partial charge is 0.435 e. The van der Waals surface area contributed by atoms with Gasteiger partial charge in [-0.3, -0.25) is 4.79 Å². The Labute approximate surface area is 136 Å². The van der Waals surface area contributed by atoms with Gasteiger partial charge in [0, 0.05) is 13.6 Å². The molecular weight excluding hydrogens is 314 g/mol. The van der Waals surface area contributed by atoms with Gasteiger partial charge in [-0.05, 0) is 29.7 Å². The fraction of sp³-hybridized carbons (Fsp3) is 0.533. The van der Waals surface area contributed by atoms with Gasteiger partial charge in [0.05, 0.1) is 6.42 Å². The number of halogens is 3. The van der Waals surface area contributed by atoms with E-state index in [-0.39, 0.29) is 35.9 Å². The van der Waals surface area contributed by atoms with Gasteiger partial charge in [0.1, 0.15) is 5.75 Å². The average molecular weight is 337 g/mol. The maximum Gasteiger partial charge on any atom is 0.387 e. The Morgan fingerprint density at radius 1 is 1.32 bits per heavy atom. The lowest BCUT2D eigenvalue weighted by Gasteiger charge is -2.29.